The first-order chi connectivity index (χ1) is 48.3. The molecule has 9 atom stereocenters. The van der Waals surface area contributed by atoms with Crippen LogP contribution in [-0.2, 0) is 60.9 Å². The van der Waals surface area contributed by atoms with Crippen LogP contribution in [0.1, 0.15) is 178 Å². The summed E-state index contributed by atoms with van der Waals surface area (Å²) in [6.45, 7) is 15.3. The number of esters is 1. The van der Waals surface area contributed by atoms with E-state index in [9.17, 15) is 38.7 Å². The standard InChI is InChI=1S/C71H103N8O20P/c1-9-10-11-12-13-14-15-16-17-18-19-20-21-22-23-27-37-91-55-44-54(43-49(2)52(55)5)67(85)77-35-33-76(34-36-77)58(81)30-31-59(82)98-60-57(97-68(62(60)92-41-39-89-7)79-46-51(4)65(83)75-71(79)87)48-95-100(88,94-38-32-72-6)99-61-56(47-80)96-69(63(61)93-42-40-90-8)78-45-50(3)64(74-70(78)86)73-66(84)53-28-25-24-26-29-53/h24-26,28-29,43-46,56-57,60-63,68-69,80H,9-23,27,30-42,47-48H2,1-5,7-8H3,(H,75,83,87)(H,73,74,84,86)/t56-,57-,60+,61+,62?,63?,68-,69-,100?/m1/s1. The summed E-state index contributed by atoms with van der Waals surface area (Å²) in [5, 5.41) is 13.4. The van der Waals surface area contributed by atoms with Crippen molar-refractivity contribution in [3.8, 4) is 5.75 Å². The number of piperazine rings is 1. The maximum absolute atomic E-state index is 15.2. The van der Waals surface area contributed by atoms with Crippen molar-refractivity contribution in [1.29, 1.82) is 0 Å². The Kier molecular flexibility index (Phi) is 33.6. The highest BCUT2D eigenvalue weighted by molar-refractivity contribution is 7.48. The van der Waals surface area contributed by atoms with Crippen LogP contribution < -0.4 is 27.0 Å². The molecule has 3 aliphatic heterocycles. The maximum Gasteiger partial charge on any atom is 0.475 e. The Morgan fingerprint density at radius 3 is 1.86 bits per heavy atom. The number of nitrogens with zero attached hydrogens (tertiary/aromatic N) is 6. The molecule has 2 aromatic carbocycles. The number of H-pyrrole nitrogens is 1. The molecule has 3 unspecified atom stereocenters. The molecule has 5 heterocycles. The average Bonchev–Trinajstić information content (AvgIpc) is 1.58. The molecule has 0 saturated carbocycles. The molecule has 3 N–H and O–H groups in total. The lowest BCUT2D eigenvalue weighted by Crippen LogP contribution is -2.50. The van der Waals surface area contributed by atoms with Gasteiger partial charge in [-0.3, -0.25) is 51.7 Å². The van der Waals surface area contributed by atoms with E-state index in [4.69, 9.17) is 58.0 Å². The molecular formula is C71H103N8O20P. The van der Waals surface area contributed by atoms with Gasteiger partial charge in [0, 0.05) is 81.5 Å². The number of aliphatic hydroxyl groups excluding tert-OH is 1. The van der Waals surface area contributed by atoms with Crippen LogP contribution in [0.25, 0.3) is 4.85 Å². The van der Waals surface area contributed by atoms with E-state index in [0.717, 1.165) is 33.1 Å². The number of aromatic nitrogens is 4. The molecule has 3 fully saturated rings. The number of unbranched alkanes of at least 4 members (excludes halogenated alkanes) is 15. The highest BCUT2D eigenvalue weighted by atomic mass is 31.2. The molecule has 0 spiro atoms. The molecular weight excluding hydrogens is 1320 g/mol. The summed E-state index contributed by atoms with van der Waals surface area (Å²) in [6.07, 6.45) is 10.6. The van der Waals surface area contributed by atoms with Crippen molar-refractivity contribution >= 4 is 37.3 Å². The second kappa shape index (κ2) is 41.8. The molecule has 7 rings (SSSR count). The number of aliphatic hydroxyl groups is 1. The summed E-state index contributed by atoms with van der Waals surface area (Å²) in [7, 11) is -2.22. The third-order valence-corrected chi connectivity index (χ3v) is 19.5. The predicted octanol–water partition coefficient (Wildman–Crippen LogP) is 8.89. The van der Waals surface area contributed by atoms with Crippen molar-refractivity contribution < 1.29 is 80.3 Å². The number of carbonyl (C=O) groups is 4. The van der Waals surface area contributed by atoms with Gasteiger partial charge in [-0.15, -0.1) is 0 Å². The number of anilines is 1. The van der Waals surface area contributed by atoms with E-state index in [1.54, 1.807) is 53.1 Å². The molecule has 2 aromatic heterocycles. The number of phosphoric ester groups is 1. The number of methoxy groups -OCH3 is 2. The molecule has 3 saturated heterocycles. The minimum atomic E-state index is -5.06. The highest BCUT2D eigenvalue weighted by Crippen LogP contribution is 2.54. The van der Waals surface area contributed by atoms with Crippen molar-refractivity contribution in [2.45, 2.75) is 199 Å². The zero-order valence-electron chi connectivity index (χ0n) is 59.1. The summed E-state index contributed by atoms with van der Waals surface area (Å²) < 4.78 is 83.1. The first kappa shape index (κ1) is 80.3. The van der Waals surface area contributed by atoms with Crippen LogP contribution in [0.4, 0.5) is 5.82 Å². The third-order valence-electron chi connectivity index (χ3n) is 18.0. The lowest BCUT2D eigenvalue weighted by atomic mass is 10.0. The molecule has 0 aliphatic carbocycles. The van der Waals surface area contributed by atoms with Crippen molar-refractivity contribution in [3.05, 3.63) is 131 Å². The second-order valence-corrected chi connectivity index (χ2v) is 27.1. The number of rotatable bonds is 44. The topological polar surface area (TPSA) is 320 Å². The van der Waals surface area contributed by atoms with E-state index < -0.39 is 112 Å². The zero-order valence-corrected chi connectivity index (χ0v) is 60.0. The number of ether oxygens (including phenoxy) is 8. The number of amides is 3. The first-order valence-electron chi connectivity index (χ1n) is 35.2. The van der Waals surface area contributed by atoms with Crippen LogP contribution >= 0.6 is 7.82 Å². The lowest BCUT2D eigenvalue weighted by Gasteiger charge is -2.35. The van der Waals surface area contributed by atoms with Gasteiger partial charge in [-0.25, -0.2) is 20.7 Å². The Labute approximate surface area is 585 Å². The number of aryl methyl sites for hydroxylation is 3. The van der Waals surface area contributed by atoms with Gasteiger partial charge in [0.15, 0.2) is 18.6 Å². The first-order valence-corrected chi connectivity index (χ1v) is 36.6. The third kappa shape index (κ3) is 23.8. The van der Waals surface area contributed by atoms with Crippen LogP contribution in [0.15, 0.2) is 69.2 Å². The fourth-order valence-corrected chi connectivity index (χ4v) is 13.6. The van der Waals surface area contributed by atoms with Crippen LogP contribution in [0.5, 0.6) is 5.75 Å². The van der Waals surface area contributed by atoms with E-state index in [0.29, 0.717) is 29.0 Å². The Hall–Kier alpha value is -7.00. The predicted molar refractivity (Wildman–Crippen MR) is 370 cm³/mol. The number of hydrogen-bond acceptors (Lipinski definition) is 21. The number of carbonyl (C=O) groups excluding carboxylic acids is 4. The van der Waals surface area contributed by atoms with Crippen molar-refractivity contribution in [3.63, 3.8) is 0 Å². The van der Waals surface area contributed by atoms with Gasteiger partial charge in [-0.2, -0.15) is 4.98 Å². The van der Waals surface area contributed by atoms with Gasteiger partial charge in [0.05, 0.1) is 52.7 Å². The van der Waals surface area contributed by atoms with Gasteiger partial charge in [0.2, 0.25) is 12.5 Å². The SMILES string of the molecule is [C-]#[N+]CCOP(=O)(OC[C@H]1O[C@@H](n2cc(C)c(=O)[nH]c2=O)C(OCCOC)[C@H]1OC(=O)CCC(=O)N1CCN(C(=O)c2cc(C)c(C)c(OCCCCCCCCCCCCCCCCCC)c2)CC1)O[C@@H]1C(OCCOC)[C@H](n2cc(C)c(NC(=O)c3ccccc3)nc2=O)O[C@@H]1CO. The number of phosphoric acid groups is 1. The van der Waals surface area contributed by atoms with Crippen LogP contribution in [0.2, 0.25) is 0 Å². The Balaban J connectivity index is 0.989. The maximum atomic E-state index is 15.2. The smallest absolute Gasteiger partial charge is 0.475 e. The van der Waals surface area contributed by atoms with Crippen LogP contribution in [0, 0.1) is 34.3 Å². The Morgan fingerprint density at radius 2 is 1.25 bits per heavy atom. The van der Waals surface area contributed by atoms with E-state index in [-0.39, 0.29) is 88.8 Å². The van der Waals surface area contributed by atoms with Crippen molar-refractivity contribution in [1.82, 2.24) is 28.9 Å². The van der Waals surface area contributed by atoms with Crippen LogP contribution in [0.3, 0.4) is 0 Å². The normalized spacial score (nSPS) is 20.5. The highest BCUT2D eigenvalue weighted by Gasteiger charge is 2.54. The number of benzene rings is 2. The molecule has 100 heavy (non-hydrogen) atoms. The number of nitrogens with one attached hydrogen (secondary N) is 2. The fraction of sp³-hybridized carbons (Fsp3) is 0.648. The largest absolute Gasteiger partial charge is 0.493 e. The number of aromatic amines is 1. The summed E-state index contributed by atoms with van der Waals surface area (Å²) in [5.74, 6) is -1.39. The minimum absolute atomic E-state index is 0.0104. The van der Waals surface area contributed by atoms with Gasteiger partial charge in [0.1, 0.15) is 48.7 Å². The summed E-state index contributed by atoms with van der Waals surface area (Å²) >= 11 is 0. The molecule has 3 amide bonds. The molecule has 0 bridgehead atoms. The molecule has 0 radical (unpaired) electrons. The fourth-order valence-electron chi connectivity index (χ4n) is 12.2. The lowest BCUT2D eigenvalue weighted by molar-refractivity contribution is -0.160. The van der Waals surface area contributed by atoms with E-state index in [1.165, 1.54) is 123 Å². The van der Waals surface area contributed by atoms with Gasteiger partial charge in [-0.1, -0.05) is 121 Å². The van der Waals surface area contributed by atoms with Gasteiger partial charge >= 0.3 is 25.2 Å². The minimum Gasteiger partial charge on any atom is -0.493 e. The molecule has 29 heteroatoms. The van der Waals surface area contributed by atoms with E-state index in [2.05, 4.69) is 27.1 Å². The Bertz CT molecular complexity index is 3520. The van der Waals surface area contributed by atoms with E-state index in [1.807, 2.05) is 19.9 Å². The van der Waals surface area contributed by atoms with Gasteiger partial charge in [0.25, 0.3) is 17.4 Å². The number of hydrogen-bond donors (Lipinski definition) is 3. The molecule has 3 aliphatic rings. The van der Waals surface area contributed by atoms with E-state index >= 15 is 4.57 Å². The summed E-state index contributed by atoms with van der Waals surface area (Å²) in [4.78, 5) is 108. The van der Waals surface area contributed by atoms with Gasteiger partial charge in [-0.05, 0) is 69.5 Å². The summed E-state index contributed by atoms with van der Waals surface area (Å²) in [5.41, 5.74) is 0.579. The van der Waals surface area contributed by atoms with Crippen molar-refractivity contribution in [2.75, 3.05) is 105 Å². The molecule has 4 aromatic rings. The quantitative estimate of drug-likeness (QED) is 0.0161. The molecule has 28 nitrogen and oxygen atoms in total. The second-order valence-electron chi connectivity index (χ2n) is 25.5. The van der Waals surface area contributed by atoms with Crippen LogP contribution in [-0.4, -0.2) is 194 Å². The Morgan fingerprint density at radius 1 is 0.670 bits per heavy atom. The monoisotopic (exact) mass is 1420 g/mol. The zero-order chi connectivity index (χ0) is 72.0. The van der Waals surface area contributed by atoms with Crippen molar-refractivity contribution in [2.24, 2.45) is 0 Å². The van der Waals surface area contributed by atoms with Gasteiger partial charge < -0.3 is 63.0 Å². The summed E-state index contributed by atoms with van der Waals surface area (Å²) in [6, 6.07) is 11.9. The molecule has 552 valence electrons. The average molecular weight is 1420 g/mol.